The van der Waals surface area contributed by atoms with Gasteiger partial charge in [0, 0.05) is 6.04 Å². The lowest BCUT2D eigenvalue weighted by molar-refractivity contribution is -0.141. The van der Waals surface area contributed by atoms with Gasteiger partial charge in [-0.1, -0.05) is 0 Å². The molecular weight excluding hydrogens is 193 g/mol. The van der Waals surface area contributed by atoms with Crippen LogP contribution in [-0.2, 0) is 6.18 Å². The van der Waals surface area contributed by atoms with Crippen LogP contribution >= 0.6 is 0 Å². The minimum absolute atomic E-state index is 0.261. The summed E-state index contributed by atoms with van der Waals surface area (Å²) in [6, 6.07) is 2.07. The van der Waals surface area contributed by atoms with Gasteiger partial charge in [0.15, 0.2) is 0 Å². The Morgan fingerprint density at radius 3 is 2.36 bits per heavy atom. The van der Waals surface area contributed by atoms with Crippen LogP contribution in [0.1, 0.15) is 29.9 Å². The molecule has 1 rings (SSSR count). The van der Waals surface area contributed by atoms with Gasteiger partial charge in [-0.25, -0.2) is 4.98 Å². The number of alkyl halides is 3. The van der Waals surface area contributed by atoms with Crippen LogP contribution in [0.25, 0.3) is 0 Å². The Balaban J connectivity index is 3.21. The lowest BCUT2D eigenvalue weighted by Crippen LogP contribution is -2.14. The van der Waals surface area contributed by atoms with Crippen LogP contribution in [0, 0.1) is 6.92 Å². The van der Waals surface area contributed by atoms with Crippen molar-refractivity contribution in [3.63, 3.8) is 0 Å². The van der Waals surface area contributed by atoms with Crippen LogP contribution in [-0.4, -0.2) is 4.98 Å². The molecule has 0 aromatic carbocycles. The molecule has 0 aliphatic heterocycles. The highest BCUT2D eigenvalue weighted by Gasteiger charge is 2.33. The van der Waals surface area contributed by atoms with Gasteiger partial charge in [0.1, 0.15) is 5.69 Å². The maximum atomic E-state index is 12.3. The molecule has 14 heavy (non-hydrogen) atoms. The molecule has 1 heterocycles. The second-order valence-corrected chi connectivity index (χ2v) is 3.24. The van der Waals surface area contributed by atoms with Crippen molar-refractivity contribution < 1.29 is 13.2 Å². The molecule has 1 aromatic heterocycles. The predicted octanol–water partition coefficient (Wildman–Crippen LogP) is 2.43. The Morgan fingerprint density at radius 1 is 1.36 bits per heavy atom. The summed E-state index contributed by atoms with van der Waals surface area (Å²) < 4.78 is 36.9. The van der Waals surface area contributed by atoms with Gasteiger partial charge in [-0.15, -0.1) is 0 Å². The van der Waals surface area contributed by atoms with Crippen LogP contribution in [0.5, 0.6) is 0 Å². The minimum Gasteiger partial charge on any atom is -0.323 e. The summed E-state index contributed by atoms with van der Waals surface area (Å²) in [6.45, 7) is 3.19. The molecule has 0 aliphatic rings. The molecule has 0 bridgehead atoms. The van der Waals surface area contributed by atoms with E-state index in [1.807, 2.05) is 0 Å². The van der Waals surface area contributed by atoms with Crippen molar-refractivity contribution in [3.05, 3.63) is 29.1 Å². The molecule has 2 nitrogen and oxygen atoms in total. The van der Waals surface area contributed by atoms with E-state index in [9.17, 15) is 13.2 Å². The van der Waals surface area contributed by atoms with E-state index < -0.39 is 17.9 Å². The van der Waals surface area contributed by atoms with E-state index in [4.69, 9.17) is 5.73 Å². The normalized spacial score (nSPS) is 14.1. The van der Waals surface area contributed by atoms with Gasteiger partial charge >= 0.3 is 6.18 Å². The highest BCUT2D eigenvalue weighted by atomic mass is 19.4. The van der Waals surface area contributed by atoms with Crippen molar-refractivity contribution in [2.75, 3.05) is 0 Å². The zero-order chi connectivity index (χ0) is 10.9. The fourth-order valence-electron chi connectivity index (χ4n) is 1.07. The summed E-state index contributed by atoms with van der Waals surface area (Å²) in [5.74, 6) is 0. The van der Waals surface area contributed by atoms with E-state index in [1.165, 1.54) is 0 Å². The predicted molar refractivity (Wildman–Crippen MR) is 46.6 cm³/mol. The molecule has 1 atom stereocenters. The van der Waals surface area contributed by atoms with Crippen molar-refractivity contribution in [2.24, 2.45) is 5.73 Å². The van der Waals surface area contributed by atoms with E-state index >= 15 is 0 Å². The zero-order valence-electron chi connectivity index (χ0n) is 7.89. The highest BCUT2D eigenvalue weighted by molar-refractivity contribution is 5.23. The first-order chi connectivity index (χ1) is 6.30. The number of hydrogen-bond acceptors (Lipinski definition) is 2. The second kappa shape index (κ2) is 3.57. The van der Waals surface area contributed by atoms with Gasteiger partial charge < -0.3 is 5.73 Å². The van der Waals surface area contributed by atoms with Gasteiger partial charge in [-0.3, -0.25) is 0 Å². The smallest absolute Gasteiger partial charge is 0.323 e. The average molecular weight is 204 g/mol. The third-order valence-corrected chi connectivity index (χ3v) is 1.75. The molecule has 1 unspecified atom stereocenters. The Morgan fingerprint density at radius 2 is 1.93 bits per heavy atom. The standard InChI is InChI=1S/C9H11F3N2/c1-5-3-7(6(2)13)14-8(4-5)9(10,11)12/h3-4,6H,13H2,1-2H3. The summed E-state index contributed by atoms with van der Waals surface area (Å²) in [5, 5.41) is 0. The van der Waals surface area contributed by atoms with E-state index in [2.05, 4.69) is 4.98 Å². The van der Waals surface area contributed by atoms with Crippen molar-refractivity contribution in [1.82, 2.24) is 4.98 Å². The van der Waals surface area contributed by atoms with Crippen molar-refractivity contribution in [1.29, 1.82) is 0 Å². The first-order valence-corrected chi connectivity index (χ1v) is 4.12. The number of nitrogens with zero attached hydrogens (tertiary/aromatic N) is 1. The molecule has 5 heteroatoms. The molecule has 1 aromatic rings. The SMILES string of the molecule is Cc1cc(C(C)N)nc(C(F)(F)F)c1. The molecule has 2 N–H and O–H groups in total. The molecule has 0 saturated heterocycles. The van der Waals surface area contributed by atoms with Gasteiger partial charge in [0.2, 0.25) is 0 Å². The first kappa shape index (κ1) is 11.0. The summed E-state index contributed by atoms with van der Waals surface area (Å²) in [7, 11) is 0. The average Bonchev–Trinajstić information content (AvgIpc) is 2.01. The quantitative estimate of drug-likeness (QED) is 0.763. The Labute approximate surface area is 79.9 Å². The molecule has 0 fully saturated rings. The van der Waals surface area contributed by atoms with Crippen LogP contribution in [0.15, 0.2) is 12.1 Å². The number of pyridine rings is 1. The van der Waals surface area contributed by atoms with Gasteiger partial charge in [0.25, 0.3) is 0 Å². The molecule has 0 aliphatic carbocycles. The maximum absolute atomic E-state index is 12.3. The summed E-state index contributed by atoms with van der Waals surface area (Å²) in [6.07, 6.45) is -4.41. The Hall–Kier alpha value is -1.10. The van der Waals surface area contributed by atoms with Crippen LogP contribution in [0.2, 0.25) is 0 Å². The fourth-order valence-corrected chi connectivity index (χ4v) is 1.07. The summed E-state index contributed by atoms with van der Waals surface area (Å²) in [4.78, 5) is 3.45. The van der Waals surface area contributed by atoms with Crippen molar-refractivity contribution in [3.8, 4) is 0 Å². The third-order valence-electron chi connectivity index (χ3n) is 1.75. The number of rotatable bonds is 1. The molecule has 0 saturated carbocycles. The van der Waals surface area contributed by atoms with E-state index in [0.717, 1.165) is 6.07 Å². The van der Waals surface area contributed by atoms with Crippen molar-refractivity contribution in [2.45, 2.75) is 26.1 Å². The second-order valence-electron chi connectivity index (χ2n) is 3.24. The Kier molecular flexibility index (Phi) is 2.80. The number of hydrogen-bond donors (Lipinski definition) is 1. The molecular formula is C9H11F3N2. The lowest BCUT2D eigenvalue weighted by atomic mass is 10.1. The number of aromatic nitrogens is 1. The molecule has 78 valence electrons. The summed E-state index contributed by atoms with van der Waals surface area (Å²) in [5.41, 5.74) is 5.36. The zero-order valence-corrected chi connectivity index (χ0v) is 7.89. The number of aryl methyl sites for hydroxylation is 1. The Bertz CT molecular complexity index is 331. The third kappa shape index (κ3) is 2.45. The van der Waals surface area contributed by atoms with Crippen LogP contribution in [0.4, 0.5) is 13.2 Å². The highest BCUT2D eigenvalue weighted by Crippen LogP contribution is 2.29. The van der Waals surface area contributed by atoms with Gasteiger partial charge in [-0.2, -0.15) is 13.2 Å². The van der Waals surface area contributed by atoms with E-state index in [-0.39, 0.29) is 5.69 Å². The molecule has 0 radical (unpaired) electrons. The maximum Gasteiger partial charge on any atom is 0.433 e. The largest absolute Gasteiger partial charge is 0.433 e. The number of nitrogens with two attached hydrogens (primary N) is 1. The van der Waals surface area contributed by atoms with Crippen LogP contribution < -0.4 is 5.73 Å². The first-order valence-electron chi connectivity index (χ1n) is 4.12. The van der Waals surface area contributed by atoms with E-state index in [0.29, 0.717) is 5.56 Å². The fraction of sp³-hybridized carbons (Fsp3) is 0.444. The van der Waals surface area contributed by atoms with Crippen LogP contribution in [0.3, 0.4) is 0 Å². The summed E-state index contributed by atoms with van der Waals surface area (Å²) >= 11 is 0. The number of halogens is 3. The minimum atomic E-state index is -4.41. The van der Waals surface area contributed by atoms with E-state index in [1.54, 1.807) is 19.9 Å². The van der Waals surface area contributed by atoms with Gasteiger partial charge in [-0.05, 0) is 31.5 Å². The van der Waals surface area contributed by atoms with Gasteiger partial charge in [0.05, 0.1) is 5.69 Å². The molecule has 0 spiro atoms. The topological polar surface area (TPSA) is 38.9 Å². The van der Waals surface area contributed by atoms with Crippen molar-refractivity contribution >= 4 is 0 Å². The monoisotopic (exact) mass is 204 g/mol. The molecule has 0 amide bonds. The lowest BCUT2D eigenvalue weighted by Gasteiger charge is -2.11.